The Hall–Kier alpha value is -2.14. The van der Waals surface area contributed by atoms with Crippen LogP contribution < -0.4 is 5.32 Å². The van der Waals surface area contributed by atoms with Gasteiger partial charge in [-0.2, -0.15) is 0 Å². The minimum atomic E-state index is -0.441. The van der Waals surface area contributed by atoms with Crippen molar-refractivity contribution in [3.05, 3.63) is 56.8 Å². The van der Waals surface area contributed by atoms with Crippen molar-refractivity contribution in [3.8, 4) is 0 Å². The van der Waals surface area contributed by atoms with Crippen LogP contribution in [0.4, 0.5) is 0 Å². The average molecular weight is 357 g/mol. The zero-order valence-electron chi connectivity index (χ0n) is 14.6. The SMILES string of the molecule is Cc1ccsc1C(=O)OCC(=O)N[C@H](C)c1ccc2c(c1)CCCC2. The largest absolute Gasteiger partial charge is 0.451 e. The highest BCUT2D eigenvalue weighted by molar-refractivity contribution is 7.12. The Kier molecular flexibility index (Phi) is 5.53. The Morgan fingerprint density at radius 1 is 1.20 bits per heavy atom. The van der Waals surface area contributed by atoms with Gasteiger partial charge in [-0.25, -0.2) is 4.79 Å². The van der Waals surface area contributed by atoms with Gasteiger partial charge in [0.25, 0.3) is 5.91 Å². The molecule has 0 aliphatic heterocycles. The molecule has 1 aliphatic carbocycles. The first-order valence-corrected chi connectivity index (χ1v) is 9.55. The molecule has 4 nitrogen and oxygen atoms in total. The number of esters is 1. The van der Waals surface area contributed by atoms with E-state index in [1.54, 1.807) is 0 Å². The van der Waals surface area contributed by atoms with Crippen LogP contribution in [0.15, 0.2) is 29.6 Å². The lowest BCUT2D eigenvalue weighted by Gasteiger charge is -2.20. The Morgan fingerprint density at radius 2 is 1.96 bits per heavy atom. The molecule has 1 amide bonds. The summed E-state index contributed by atoms with van der Waals surface area (Å²) in [6, 6.07) is 8.20. The van der Waals surface area contributed by atoms with Crippen LogP contribution in [0.3, 0.4) is 0 Å². The van der Waals surface area contributed by atoms with Gasteiger partial charge >= 0.3 is 5.97 Å². The van der Waals surface area contributed by atoms with Crippen LogP contribution in [-0.2, 0) is 22.4 Å². The molecule has 0 spiro atoms. The van der Waals surface area contributed by atoms with E-state index in [4.69, 9.17) is 4.74 Å². The fourth-order valence-electron chi connectivity index (χ4n) is 3.17. The van der Waals surface area contributed by atoms with Gasteiger partial charge in [0.2, 0.25) is 0 Å². The second-order valence-corrected chi connectivity index (χ2v) is 7.45. The van der Waals surface area contributed by atoms with Gasteiger partial charge in [-0.3, -0.25) is 4.79 Å². The van der Waals surface area contributed by atoms with Crippen LogP contribution >= 0.6 is 11.3 Å². The fraction of sp³-hybridized carbons (Fsp3) is 0.400. The van der Waals surface area contributed by atoms with Gasteiger partial charge < -0.3 is 10.1 Å². The smallest absolute Gasteiger partial charge is 0.349 e. The molecule has 0 saturated carbocycles. The Morgan fingerprint density at radius 3 is 2.68 bits per heavy atom. The molecule has 1 aromatic carbocycles. The summed E-state index contributed by atoms with van der Waals surface area (Å²) < 4.78 is 5.12. The van der Waals surface area contributed by atoms with Crippen molar-refractivity contribution < 1.29 is 14.3 Å². The molecule has 3 rings (SSSR count). The maximum Gasteiger partial charge on any atom is 0.349 e. The highest BCUT2D eigenvalue weighted by Gasteiger charge is 2.17. The van der Waals surface area contributed by atoms with Crippen molar-refractivity contribution in [1.29, 1.82) is 0 Å². The predicted octanol–water partition coefficient (Wildman–Crippen LogP) is 3.97. The maximum atomic E-state index is 12.1. The summed E-state index contributed by atoms with van der Waals surface area (Å²) in [4.78, 5) is 24.6. The summed E-state index contributed by atoms with van der Waals surface area (Å²) in [5.41, 5.74) is 4.78. The number of carbonyl (C=O) groups excluding carboxylic acids is 2. The topological polar surface area (TPSA) is 55.4 Å². The van der Waals surface area contributed by atoms with Crippen molar-refractivity contribution >= 4 is 23.2 Å². The van der Waals surface area contributed by atoms with Gasteiger partial charge in [-0.15, -0.1) is 11.3 Å². The van der Waals surface area contributed by atoms with E-state index >= 15 is 0 Å². The first-order valence-electron chi connectivity index (χ1n) is 8.67. The average Bonchev–Trinajstić information content (AvgIpc) is 3.05. The molecule has 0 fully saturated rings. The molecule has 1 heterocycles. The Bertz CT molecular complexity index is 781. The normalized spacial score (nSPS) is 14.5. The van der Waals surface area contributed by atoms with E-state index in [0.29, 0.717) is 4.88 Å². The van der Waals surface area contributed by atoms with Gasteiger partial charge in [-0.05, 0) is 73.2 Å². The molecular weight excluding hydrogens is 334 g/mol. The number of ether oxygens (including phenoxy) is 1. The summed E-state index contributed by atoms with van der Waals surface area (Å²) in [7, 11) is 0. The molecule has 0 unspecified atom stereocenters. The third-order valence-corrected chi connectivity index (χ3v) is 5.63. The van der Waals surface area contributed by atoms with Crippen molar-refractivity contribution in [1.82, 2.24) is 5.32 Å². The molecule has 0 bridgehead atoms. The summed E-state index contributed by atoms with van der Waals surface area (Å²) in [6.45, 7) is 3.55. The second kappa shape index (κ2) is 7.83. The van der Waals surface area contributed by atoms with Crippen molar-refractivity contribution in [2.24, 2.45) is 0 Å². The third-order valence-electron chi connectivity index (χ3n) is 4.63. The van der Waals surface area contributed by atoms with Gasteiger partial charge in [0, 0.05) is 0 Å². The Balaban J connectivity index is 1.54. The quantitative estimate of drug-likeness (QED) is 0.824. The van der Waals surface area contributed by atoms with Crippen molar-refractivity contribution in [3.63, 3.8) is 0 Å². The third kappa shape index (κ3) is 4.28. The van der Waals surface area contributed by atoms with E-state index in [1.165, 1.54) is 35.3 Å². The Labute approximate surface area is 152 Å². The lowest BCUT2D eigenvalue weighted by molar-refractivity contribution is -0.124. The number of fused-ring (bicyclic) bond motifs is 1. The molecule has 25 heavy (non-hydrogen) atoms. The molecule has 5 heteroatoms. The second-order valence-electron chi connectivity index (χ2n) is 6.53. The first-order chi connectivity index (χ1) is 12.0. The number of benzene rings is 1. The molecule has 132 valence electrons. The number of thiophene rings is 1. The molecule has 1 aliphatic rings. The number of nitrogens with one attached hydrogen (secondary N) is 1. The van der Waals surface area contributed by atoms with Crippen LogP contribution in [0.5, 0.6) is 0 Å². The maximum absolute atomic E-state index is 12.1. The standard InChI is InChI=1S/C20H23NO3S/c1-13-9-10-25-19(13)20(23)24-12-18(22)21-14(2)16-8-7-15-5-3-4-6-17(15)11-16/h7-11,14H,3-6,12H2,1-2H3,(H,21,22)/t14-/m1/s1. The van der Waals surface area contributed by atoms with Gasteiger partial charge in [-0.1, -0.05) is 18.2 Å². The number of hydrogen-bond donors (Lipinski definition) is 1. The molecule has 1 aromatic heterocycles. The molecule has 2 aromatic rings. The van der Waals surface area contributed by atoms with Gasteiger partial charge in [0.15, 0.2) is 6.61 Å². The van der Waals surface area contributed by atoms with E-state index in [-0.39, 0.29) is 18.6 Å². The number of hydrogen-bond acceptors (Lipinski definition) is 4. The number of aryl methyl sites for hydroxylation is 3. The van der Waals surface area contributed by atoms with Gasteiger partial charge in [0.1, 0.15) is 4.88 Å². The van der Waals surface area contributed by atoms with Crippen LogP contribution in [0.1, 0.15) is 57.7 Å². The van der Waals surface area contributed by atoms with E-state index in [2.05, 4.69) is 23.5 Å². The van der Waals surface area contributed by atoms with Crippen LogP contribution in [0.2, 0.25) is 0 Å². The molecule has 1 N–H and O–H groups in total. The molecule has 1 atom stereocenters. The molecular formula is C20H23NO3S. The van der Waals surface area contributed by atoms with Crippen LogP contribution in [0.25, 0.3) is 0 Å². The predicted molar refractivity (Wildman–Crippen MR) is 99.0 cm³/mol. The van der Waals surface area contributed by atoms with Crippen LogP contribution in [0, 0.1) is 6.92 Å². The van der Waals surface area contributed by atoms with Crippen molar-refractivity contribution in [2.75, 3.05) is 6.61 Å². The number of amides is 1. The summed E-state index contributed by atoms with van der Waals surface area (Å²) >= 11 is 1.33. The zero-order chi connectivity index (χ0) is 17.8. The number of carbonyl (C=O) groups is 2. The minimum absolute atomic E-state index is 0.109. The van der Waals surface area contributed by atoms with E-state index < -0.39 is 5.97 Å². The lowest BCUT2D eigenvalue weighted by Crippen LogP contribution is -2.31. The monoisotopic (exact) mass is 357 g/mol. The molecule has 0 saturated heterocycles. The summed E-state index contributed by atoms with van der Waals surface area (Å²) in [5, 5.41) is 4.74. The van der Waals surface area contributed by atoms with E-state index in [1.807, 2.05) is 25.3 Å². The summed E-state index contributed by atoms with van der Waals surface area (Å²) in [5.74, 6) is -0.725. The van der Waals surface area contributed by atoms with E-state index in [9.17, 15) is 9.59 Å². The van der Waals surface area contributed by atoms with Crippen LogP contribution in [-0.4, -0.2) is 18.5 Å². The van der Waals surface area contributed by atoms with Gasteiger partial charge in [0.05, 0.1) is 6.04 Å². The minimum Gasteiger partial charge on any atom is -0.451 e. The van der Waals surface area contributed by atoms with Crippen molar-refractivity contribution in [2.45, 2.75) is 45.6 Å². The zero-order valence-corrected chi connectivity index (χ0v) is 15.4. The first kappa shape index (κ1) is 17.7. The number of rotatable bonds is 5. The lowest BCUT2D eigenvalue weighted by atomic mass is 9.89. The van der Waals surface area contributed by atoms with E-state index in [0.717, 1.165) is 24.0 Å². The highest BCUT2D eigenvalue weighted by Crippen LogP contribution is 2.24. The molecule has 0 radical (unpaired) electrons. The fourth-order valence-corrected chi connectivity index (χ4v) is 3.99. The highest BCUT2D eigenvalue weighted by atomic mass is 32.1. The summed E-state index contributed by atoms with van der Waals surface area (Å²) in [6.07, 6.45) is 4.75.